The fraction of sp³-hybridized carbons (Fsp3) is 0. The summed E-state index contributed by atoms with van der Waals surface area (Å²) >= 11 is 0. The summed E-state index contributed by atoms with van der Waals surface area (Å²) in [5.41, 5.74) is 0. The average Bonchev–Trinajstić information content (AvgIpc) is 0.811. The molecule has 0 aliphatic heterocycles. The first kappa shape index (κ1) is 15.8. The molecule has 4 nitrogen and oxygen atoms in total. The quantitative estimate of drug-likeness (QED) is 0.220. The van der Waals surface area contributed by atoms with Crippen molar-refractivity contribution >= 4 is 37.7 Å². The smallest absolute Gasteiger partial charge is 1.00 e. The molecule has 0 unspecified atom stereocenters. The molecule has 0 heterocycles. The van der Waals surface area contributed by atoms with Gasteiger partial charge < -0.3 is 32.3 Å². The Hall–Kier alpha value is 0.940. The number of nitrogens with zero attached hydrogens (tertiary/aromatic N) is 1. The van der Waals surface area contributed by atoms with E-state index in [2.05, 4.69) is 0 Å². The predicted molar refractivity (Wildman–Crippen MR) is 16.1 cm³/mol. The maximum atomic E-state index is 8.25. The van der Waals surface area contributed by atoms with Crippen LogP contribution >= 0.6 is 0 Å². The number of hydrogen-bond acceptors (Lipinski definition) is 3. The first-order valence-electron chi connectivity index (χ1n) is 0.548. The standard InChI is InChI=1S/BrH.Ca.NO3/c;;2-1(3)4/h1H;;/q;+2;-1/p-1. The Labute approximate surface area is 74.4 Å². The summed E-state index contributed by atoms with van der Waals surface area (Å²) in [5, 5.41) is 14.8. The first-order valence-corrected chi connectivity index (χ1v) is 0.548. The zero-order chi connectivity index (χ0) is 3.58. The molecule has 32 valence electrons. The van der Waals surface area contributed by atoms with Crippen LogP contribution in [0.1, 0.15) is 0 Å². The zero-order valence-electron chi connectivity index (χ0n) is 2.76. The van der Waals surface area contributed by atoms with Crippen LogP contribution in [0.15, 0.2) is 0 Å². The van der Waals surface area contributed by atoms with Crippen LogP contribution in [0, 0.1) is 15.3 Å². The molecule has 0 fully saturated rings. The van der Waals surface area contributed by atoms with Gasteiger partial charge in [0.15, 0.2) is 0 Å². The molecule has 6 heavy (non-hydrogen) atoms. The second-order valence-corrected chi connectivity index (χ2v) is 0.224. The largest absolute Gasteiger partial charge is 2.00 e. The fourth-order valence-electron chi connectivity index (χ4n) is 0. The molecule has 0 spiro atoms. The van der Waals surface area contributed by atoms with Crippen LogP contribution in [-0.2, 0) is 0 Å². The molecule has 0 aliphatic rings. The van der Waals surface area contributed by atoms with Crippen molar-refractivity contribution in [2.24, 2.45) is 0 Å². The fourth-order valence-corrected chi connectivity index (χ4v) is 0. The Morgan fingerprint density at radius 3 is 1.33 bits per heavy atom. The van der Waals surface area contributed by atoms with E-state index in [0.717, 1.165) is 0 Å². The Morgan fingerprint density at radius 2 is 1.33 bits per heavy atom. The summed E-state index contributed by atoms with van der Waals surface area (Å²) in [4.78, 5) is 8.25. The molecule has 0 rings (SSSR count). The minimum absolute atomic E-state index is 0. The van der Waals surface area contributed by atoms with Gasteiger partial charge in [-0.2, -0.15) is 0 Å². The van der Waals surface area contributed by atoms with Crippen LogP contribution in [0.3, 0.4) is 0 Å². The molecule has 0 amide bonds. The summed E-state index contributed by atoms with van der Waals surface area (Å²) in [6.07, 6.45) is 0. The maximum Gasteiger partial charge on any atom is 2.00 e. The number of halogens is 1. The van der Waals surface area contributed by atoms with Gasteiger partial charge in [0.1, 0.15) is 0 Å². The summed E-state index contributed by atoms with van der Waals surface area (Å²) < 4.78 is 0. The van der Waals surface area contributed by atoms with E-state index in [9.17, 15) is 0 Å². The van der Waals surface area contributed by atoms with Gasteiger partial charge in [-0.15, -0.1) is 0 Å². The zero-order valence-corrected chi connectivity index (χ0v) is 6.55. The molecule has 0 bridgehead atoms. The summed E-state index contributed by atoms with van der Waals surface area (Å²) in [6, 6.07) is 0. The van der Waals surface area contributed by atoms with Crippen LogP contribution in [0.4, 0.5) is 0 Å². The van der Waals surface area contributed by atoms with Crippen molar-refractivity contribution in [3.05, 3.63) is 15.3 Å². The molecule has 0 saturated carbocycles. The first-order chi connectivity index (χ1) is 1.73. The molecule has 0 aromatic heterocycles. The van der Waals surface area contributed by atoms with Gasteiger partial charge in [0.25, 0.3) is 0 Å². The van der Waals surface area contributed by atoms with Crippen molar-refractivity contribution in [1.82, 2.24) is 0 Å². The molecule has 0 aliphatic carbocycles. The molecule has 0 atom stereocenters. The van der Waals surface area contributed by atoms with Crippen molar-refractivity contribution in [3.63, 3.8) is 0 Å². The van der Waals surface area contributed by atoms with E-state index in [1.54, 1.807) is 0 Å². The predicted octanol–water partition coefficient (Wildman–Crippen LogP) is -3.62. The average molecular weight is 182 g/mol. The third kappa shape index (κ3) is 86.8. The molecule has 6 heteroatoms. The Bertz CT molecular complexity index is 33.8. The Balaban J connectivity index is -0.0000000450. The van der Waals surface area contributed by atoms with Gasteiger partial charge in [-0.3, -0.25) is 0 Å². The molecule has 0 N–H and O–H groups in total. The van der Waals surface area contributed by atoms with Crippen LogP contribution in [-0.4, -0.2) is 42.8 Å². The van der Waals surface area contributed by atoms with Gasteiger partial charge in [-0.05, 0) is 0 Å². The minimum atomic E-state index is -1.75. The molecule has 0 saturated heterocycles. The van der Waals surface area contributed by atoms with Crippen molar-refractivity contribution in [1.29, 1.82) is 0 Å². The van der Waals surface area contributed by atoms with Crippen LogP contribution < -0.4 is 17.0 Å². The Morgan fingerprint density at radius 1 is 1.33 bits per heavy atom. The van der Waals surface area contributed by atoms with Gasteiger partial charge in [0.2, 0.25) is 0 Å². The topological polar surface area (TPSA) is 66.2 Å². The van der Waals surface area contributed by atoms with Gasteiger partial charge in [0, 0.05) is 0 Å². The molecular formula is BrCaNO3. The van der Waals surface area contributed by atoms with E-state index in [1.165, 1.54) is 0 Å². The van der Waals surface area contributed by atoms with Crippen molar-refractivity contribution in [2.75, 3.05) is 0 Å². The summed E-state index contributed by atoms with van der Waals surface area (Å²) in [6.45, 7) is 0. The van der Waals surface area contributed by atoms with Crippen molar-refractivity contribution < 1.29 is 22.1 Å². The van der Waals surface area contributed by atoms with E-state index in [1.807, 2.05) is 0 Å². The number of hydrogen-bond donors (Lipinski definition) is 0. The molecular weight excluding hydrogens is 182 g/mol. The van der Waals surface area contributed by atoms with E-state index >= 15 is 0 Å². The third-order valence-corrected chi connectivity index (χ3v) is 0. The molecule has 0 aromatic rings. The van der Waals surface area contributed by atoms with E-state index in [0.29, 0.717) is 0 Å². The SMILES string of the molecule is O=[N+]([O-])[O-].[Br-].[Ca+2]. The van der Waals surface area contributed by atoms with Gasteiger partial charge in [-0.1, -0.05) is 0 Å². The van der Waals surface area contributed by atoms with Crippen molar-refractivity contribution in [2.45, 2.75) is 0 Å². The van der Waals surface area contributed by atoms with Gasteiger partial charge in [0.05, 0.1) is 5.09 Å². The van der Waals surface area contributed by atoms with Crippen LogP contribution in [0.25, 0.3) is 0 Å². The summed E-state index contributed by atoms with van der Waals surface area (Å²) in [5.74, 6) is 0. The molecule has 0 aromatic carbocycles. The second-order valence-electron chi connectivity index (χ2n) is 0.224. The summed E-state index contributed by atoms with van der Waals surface area (Å²) in [7, 11) is 0. The Kier molecular flexibility index (Phi) is 24.5. The number of rotatable bonds is 0. The maximum absolute atomic E-state index is 8.25. The molecule has 0 radical (unpaired) electrons. The third-order valence-electron chi connectivity index (χ3n) is 0. The van der Waals surface area contributed by atoms with Crippen LogP contribution in [0.2, 0.25) is 0 Å². The van der Waals surface area contributed by atoms with Gasteiger partial charge in [-0.25, -0.2) is 0 Å². The van der Waals surface area contributed by atoms with Gasteiger partial charge >= 0.3 is 37.7 Å². The minimum Gasteiger partial charge on any atom is -1.00 e. The van der Waals surface area contributed by atoms with E-state index in [-0.39, 0.29) is 54.7 Å². The second kappa shape index (κ2) is 9.34. The normalized spacial score (nSPS) is 4.00. The van der Waals surface area contributed by atoms with E-state index in [4.69, 9.17) is 15.3 Å². The van der Waals surface area contributed by atoms with Crippen molar-refractivity contribution in [3.8, 4) is 0 Å². The van der Waals surface area contributed by atoms with E-state index < -0.39 is 5.09 Å². The van der Waals surface area contributed by atoms with Crippen LogP contribution in [0.5, 0.6) is 0 Å². The monoisotopic (exact) mass is 181 g/mol.